The Bertz CT molecular complexity index is 658. The molecule has 0 radical (unpaired) electrons. The van der Waals surface area contributed by atoms with E-state index in [0.717, 1.165) is 18.6 Å². The lowest BCUT2D eigenvalue weighted by Crippen LogP contribution is -2.14. The Kier molecular flexibility index (Phi) is 4.98. The molecule has 0 fully saturated rings. The number of hydrogen-bond donors (Lipinski definition) is 2. The SMILES string of the molecule is N#Cc1c(-c2ccco2)nc(SCCCCN)[nH]c1=O. The topological polar surface area (TPSA) is 109 Å². The van der Waals surface area contributed by atoms with Crippen LogP contribution in [0.4, 0.5) is 0 Å². The maximum Gasteiger partial charge on any atom is 0.270 e. The van der Waals surface area contributed by atoms with Crippen LogP contribution >= 0.6 is 11.8 Å². The second-order valence-corrected chi connectivity index (χ2v) is 5.11. The average molecular weight is 290 g/mol. The molecule has 2 rings (SSSR count). The first kappa shape index (κ1) is 14.4. The molecule has 0 saturated carbocycles. The van der Waals surface area contributed by atoms with E-state index in [4.69, 9.17) is 15.4 Å². The van der Waals surface area contributed by atoms with Crippen molar-refractivity contribution in [2.45, 2.75) is 18.0 Å². The Morgan fingerprint density at radius 2 is 2.35 bits per heavy atom. The van der Waals surface area contributed by atoms with Gasteiger partial charge in [0.15, 0.2) is 10.9 Å². The Morgan fingerprint density at radius 1 is 1.50 bits per heavy atom. The van der Waals surface area contributed by atoms with Crippen LogP contribution in [0.1, 0.15) is 18.4 Å². The number of aromatic nitrogens is 2. The summed E-state index contributed by atoms with van der Waals surface area (Å²) in [5.74, 6) is 1.22. The van der Waals surface area contributed by atoms with Crippen LogP contribution in [0.5, 0.6) is 0 Å². The van der Waals surface area contributed by atoms with Crippen LogP contribution < -0.4 is 11.3 Å². The molecular formula is C13H14N4O2S. The smallest absolute Gasteiger partial charge is 0.270 e. The average Bonchev–Trinajstić information content (AvgIpc) is 2.97. The van der Waals surface area contributed by atoms with E-state index in [2.05, 4.69) is 9.97 Å². The number of nitrogens with one attached hydrogen (secondary N) is 1. The molecule has 0 spiro atoms. The van der Waals surface area contributed by atoms with Crippen molar-refractivity contribution in [3.63, 3.8) is 0 Å². The fraction of sp³-hybridized carbons (Fsp3) is 0.308. The number of hydrogen-bond acceptors (Lipinski definition) is 6. The van der Waals surface area contributed by atoms with Gasteiger partial charge in [-0.15, -0.1) is 0 Å². The van der Waals surface area contributed by atoms with Crippen molar-refractivity contribution in [3.05, 3.63) is 34.3 Å². The predicted octanol–water partition coefficient (Wildman–Crippen LogP) is 1.73. The summed E-state index contributed by atoms with van der Waals surface area (Å²) in [6, 6.07) is 5.22. The van der Waals surface area contributed by atoms with Gasteiger partial charge in [0.1, 0.15) is 17.3 Å². The van der Waals surface area contributed by atoms with Gasteiger partial charge in [-0.05, 0) is 31.5 Å². The van der Waals surface area contributed by atoms with Crippen molar-refractivity contribution < 1.29 is 4.42 Å². The van der Waals surface area contributed by atoms with Gasteiger partial charge in [0.25, 0.3) is 5.56 Å². The van der Waals surface area contributed by atoms with Crippen LogP contribution in [0.2, 0.25) is 0 Å². The van der Waals surface area contributed by atoms with E-state index in [9.17, 15) is 4.79 Å². The van der Waals surface area contributed by atoms with Crippen LogP contribution in [0.15, 0.2) is 32.8 Å². The minimum Gasteiger partial charge on any atom is -0.463 e. The van der Waals surface area contributed by atoms with Gasteiger partial charge in [0.05, 0.1) is 6.26 Å². The molecule has 0 aromatic carbocycles. The van der Waals surface area contributed by atoms with E-state index in [-0.39, 0.29) is 11.3 Å². The normalized spacial score (nSPS) is 10.4. The molecule has 2 heterocycles. The Labute approximate surface area is 120 Å². The zero-order valence-electron chi connectivity index (χ0n) is 10.8. The molecule has 0 unspecified atom stereocenters. The third-order valence-corrected chi connectivity index (χ3v) is 3.56. The van der Waals surface area contributed by atoms with Crippen molar-refractivity contribution in [2.24, 2.45) is 5.73 Å². The highest BCUT2D eigenvalue weighted by Gasteiger charge is 2.15. The number of furan rings is 1. The molecule has 0 amide bonds. The maximum absolute atomic E-state index is 11.9. The molecule has 0 atom stereocenters. The van der Waals surface area contributed by atoms with Crippen LogP contribution in [0.25, 0.3) is 11.5 Å². The number of nitrogens with two attached hydrogens (primary N) is 1. The van der Waals surface area contributed by atoms with Gasteiger partial charge in [0.2, 0.25) is 0 Å². The van der Waals surface area contributed by atoms with Crippen LogP contribution in [0.3, 0.4) is 0 Å². The number of unbranched alkanes of at least 4 members (excludes halogenated alkanes) is 1. The lowest BCUT2D eigenvalue weighted by Gasteiger charge is -2.04. The van der Waals surface area contributed by atoms with Crippen molar-refractivity contribution in [3.8, 4) is 17.5 Å². The summed E-state index contributed by atoms with van der Waals surface area (Å²) in [5.41, 5.74) is 5.22. The van der Waals surface area contributed by atoms with Gasteiger partial charge in [-0.2, -0.15) is 5.26 Å². The monoisotopic (exact) mass is 290 g/mol. The number of nitriles is 1. The summed E-state index contributed by atoms with van der Waals surface area (Å²) in [7, 11) is 0. The molecule has 6 nitrogen and oxygen atoms in total. The van der Waals surface area contributed by atoms with Gasteiger partial charge >= 0.3 is 0 Å². The number of H-pyrrole nitrogens is 1. The second-order valence-electron chi connectivity index (χ2n) is 4.03. The maximum atomic E-state index is 11.9. The fourth-order valence-electron chi connectivity index (χ4n) is 1.63. The lowest BCUT2D eigenvalue weighted by atomic mass is 10.2. The molecule has 3 N–H and O–H groups in total. The van der Waals surface area contributed by atoms with E-state index < -0.39 is 5.56 Å². The zero-order valence-corrected chi connectivity index (χ0v) is 11.6. The number of thioether (sulfide) groups is 1. The summed E-state index contributed by atoms with van der Waals surface area (Å²) < 4.78 is 5.22. The summed E-state index contributed by atoms with van der Waals surface area (Å²) >= 11 is 1.43. The summed E-state index contributed by atoms with van der Waals surface area (Å²) in [6.45, 7) is 0.648. The van der Waals surface area contributed by atoms with Crippen LogP contribution in [-0.4, -0.2) is 22.3 Å². The molecule has 0 aliphatic heterocycles. The van der Waals surface area contributed by atoms with Crippen LogP contribution in [-0.2, 0) is 0 Å². The molecule has 0 saturated heterocycles. The third-order valence-electron chi connectivity index (χ3n) is 2.60. The number of rotatable bonds is 6. The first-order valence-corrected chi connectivity index (χ1v) is 7.16. The molecular weight excluding hydrogens is 276 g/mol. The van der Waals surface area contributed by atoms with Crippen molar-refractivity contribution in [1.29, 1.82) is 5.26 Å². The van der Waals surface area contributed by atoms with Gasteiger partial charge in [-0.3, -0.25) is 4.79 Å². The molecule has 20 heavy (non-hydrogen) atoms. The molecule has 0 aliphatic rings. The summed E-state index contributed by atoms with van der Waals surface area (Å²) in [5, 5.41) is 9.55. The quantitative estimate of drug-likeness (QED) is 0.476. The van der Waals surface area contributed by atoms with Gasteiger partial charge < -0.3 is 15.1 Å². The Hall–Kier alpha value is -2.04. The molecule has 7 heteroatoms. The largest absolute Gasteiger partial charge is 0.463 e. The van der Waals surface area contributed by atoms with E-state index in [1.807, 2.05) is 6.07 Å². The fourth-order valence-corrected chi connectivity index (χ4v) is 2.49. The highest BCUT2D eigenvalue weighted by Crippen LogP contribution is 2.22. The molecule has 0 bridgehead atoms. The van der Waals surface area contributed by atoms with Gasteiger partial charge in [-0.1, -0.05) is 11.8 Å². The van der Waals surface area contributed by atoms with Gasteiger partial charge in [0, 0.05) is 5.75 Å². The molecule has 2 aromatic heterocycles. The first-order chi connectivity index (χ1) is 9.76. The number of aromatic amines is 1. The Morgan fingerprint density at radius 3 is 3.00 bits per heavy atom. The number of nitrogens with zero attached hydrogens (tertiary/aromatic N) is 2. The highest BCUT2D eigenvalue weighted by atomic mass is 32.2. The molecule has 2 aromatic rings. The third kappa shape index (κ3) is 3.29. The minimum atomic E-state index is -0.449. The van der Waals surface area contributed by atoms with Crippen LogP contribution in [0, 0.1) is 11.3 Å². The van der Waals surface area contributed by atoms with Gasteiger partial charge in [-0.25, -0.2) is 4.98 Å². The lowest BCUT2D eigenvalue weighted by molar-refractivity contribution is 0.578. The Balaban J connectivity index is 2.28. The minimum absolute atomic E-state index is 0.0359. The summed E-state index contributed by atoms with van der Waals surface area (Å²) in [6.07, 6.45) is 3.35. The van der Waals surface area contributed by atoms with E-state index in [1.165, 1.54) is 18.0 Å². The van der Waals surface area contributed by atoms with E-state index >= 15 is 0 Å². The standard InChI is InChI=1S/C13H14N4O2S/c14-5-1-2-7-20-13-16-11(10-4-3-6-19-10)9(8-15)12(18)17-13/h3-4,6H,1-2,5,7,14H2,(H,16,17,18). The second kappa shape index (κ2) is 6.93. The summed E-state index contributed by atoms with van der Waals surface area (Å²) in [4.78, 5) is 18.8. The first-order valence-electron chi connectivity index (χ1n) is 6.17. The highest BCUT2D eigenvalue weighted by molar-refractivity contribution is 7.99. The van der Waals surface area contributed by atoms with Crippen molar-refractivity contribution >= 4 is 11.8 Å². The van der Waals surface area contributed by atoms with Crippen molar-refractivity contribution in [1.82, 2.24) is 9.97 Å². The van der Waals surface area contributed by atoms with Crippen molar-refractivity contribution in [2.75, 3.05) is 12.3 Å². The predicted molar refractivity (Wildman–Crippen MR) is 76.3 cm³/mol. The molecule has 104 valence electrons. The molecule has 0 aliphatic carbocycles. The van der Waals surface area contributed by atoms with E-state index in [1.54, 1.807) is 12.1 Å². The van der Waals surface area contributed by atoms with E-state index in [0.29, 0.717) is 17.5 Å². The zero-order chi connectivity index (χ0) is 14.4.